The number of carbonyl (C=O) groups is 1. The minimum Gasteiger partial charge on any atom is -0.497 e. The van der Waals surface area contributed by atoms with Gasteiger partial charge in [-0.3, -0.25) is 4.79 Å². The molecule has 108 valence electrons. The topological polar surface area (TPSA) is 59.6 Å². The Balaban J connectivity index is 1.66. The van der Waals surface area contributed by atoms with Crippen LogP contribution in [0.4, 0.5) is 0 Å². The first-order valence-corrected chi connectivity index (χ1v) is 7.07. The maximum absolute atomic E-state index is 12.3. The van der Waals surface area contributed by atoms with E-state index in [1.807, 2.05) is 18.2 Å². The second-order valence-electron chi connectivity index (χ2n) is 5.38. The molecule has 0 aromatic heterocycles. The molecule has 5 heteroatoms. The van der Waals surface area contributed by atoms with Crippen molar-refractivity contribution >= 4 is 5.91 Å². The molecule has 2 aliphatic rings. The Hall–Kier alpha value is -1.75. The van der Waals surface area contributed by atoms with E-state index in [2.05, 4.69) is 10.6 Å². The van der Waals surface area contributed by atoms with Gasteiger partial charge in [0.25, 0.3) is 0 Å². The molecule has 1 fully saturated rings. The van der Waals surface area contributed by atoms with Crippen LogP contribution in [0.2, 0.25) is 0 Å². The van der Waals surface area contributed by atoms with Gasteiger partial charge in [0.15, 0.2) is 0 Å². The van der Waals surface area contributed by atoms with Crippen LogP contribution in [0.25, 0.3) is 0 Å². The zero-order chi connectivity index (χ0) is 13.9. The van der Waals surface area contributed by atoms with Crippen molar-refractivity contribution in [3.63, 3.8) is 0 Å². The molecule has 0 spiro atoms. The third-order valence-corrected chi connectivity index (χ3v) is 3.95. The van der Waals surface area contributed by atoms with Crippen molar-refractivity contribution in [3.8, 4) is 11.5 Å². The SMILES string of the molecule is COc1ccc2c(c1)CC(C(=O)NC1CCNC1)CO2. The highest BCUT2D eigenvalue weighted by molar-refractivity contribution is 5.80. The van der Waals surface area contributed by atoms with Gasteiger partial charge in [-0.25, -0.2) is 0 Å². The smallest absolute Gasteiger partial charge is 0.227 e. The fraction of sp³-hybridized carbons (Fsp3) is 0.533. The van der Waals surface area contributed by atoms with E-state index in [0.29, 0.717) is 13.0 Å². The maximum atomic E-state index is 12.3. The molecule has 0 saturated carbocycles. The van der Waals surface area contributed by atoms with Crippen LogP contribution in [0.1, 0.15) is 12.0 Å². The van der Waals surface area contributed by atoms with Gasteiger partial charge in [-0.1, -0.05) is 0 Å². The fourth-order valence-electron chi connectivity index (χ4n) is 2.76. The maximum Gasteiger partial charge on any atom is 0.227 e. The molecule has 0 aliphatic carbocycles. The van der Waals surface area contributed by atoms with Gasteiger partial charge < -0.3 is 20.1 Å². The van der Waals surface area contributed by atoms with Crippen molar-refractivity contribution in [2.24, 2.45) is 5.92 Å². The lowest BCUT2D eigenvalue weighted by molar-refractivity contribution is -0.126. The molecule has 2 N–H and O–H groups in total. The molecule has 1 amide bonds. The molecule has 0 radical (unpaired) electrons. The number of rotatable bonds is 3. The minimum absolute atomic E-state index is 0.0900. The first-order valence-electron chi connectivity index (χ1n) is 7.07. The molecule has 2 heterocycles. The highest BCUT2D eigenvalue weighted by Gasteiger charge is 2.28. The second kappa shape index (κ2) is 5.71. The number of methoxy groups -OCH3 is 1. The van der Waals surface area contributed by atoms with Gasteiger partial charge in [0.1, 0.15) is 18.1 Å². The second-order valence-corrected chi connectivity index (χ2v) is 5.38. The highest BCUT2D eigenvalue weighted by Crippen LogP contribution is 2.30. The van der Waals surface area contributed by atoms with Crippen LogP contribution in [-0.2, 0) is 11.2 Å². The predicted octanol–water partition coefficient (Wildman–Crippen LogP) is 0.724. The van der Waals surface area contributed by atoms with Crippen LogP contribution in [0, 0.1) is 5.92 Å². The summed E-state index contributed by atoms with van der Waals surface area (Å²) in [6.45, 7) is 2.29. The summed E-state index contributed by atoms with van der Waals surface area (Å²) >= 11 is 0. The van der Waals surface area contributed by atoms with E-state index in [4.69, 9.17) is 9.47 Å². The number of nitrogens with one attached hydrogen (secondary N) is 2. The zero-order valence-electron chi connectivity index (χ0n) is 11.6. The average Bonchev–Trinajstić information content (AvgIpc) is 2.99. The molecule has 5 nitrogen and oxygen atoms in total. The number of hydrogen-bond donors (Lipinski definition) is 2. The lowest BCUT2D eigenvalue weighted by Crippen LogP contribution is -2.43. The summed E-state index contributed by atoms with van der Waals surface area (Å²) in [6, 6.07) is 5.99. The molecule has 2 atom stereocenters. The number of amides is 1. The predicted molar refractivity (Wildman–Crippen MR) is 75.1 cm³/mol. The number of ether oxygens (including phenoxy) is 2. The van der Waals surface area contributed by atoms with E-state index in [1.165, 1.54) is 0 Å². The molecule has 0 bridgehead atoms. The number of fused-ring (bicyclic) bond motifs is 1. The fourth-order valence-corrected chi connectivity index (χ4v) is 2.76. The first kappa shape index (κ1) is 13.2. The van der Waals surface area contributed by atoms with Gasteiger partial charge in [0.2, 0.25) is 5.91 Å². The molecule has 2 unspecified atom stereocenters. The molecule has 1 aromatic rings. The van der Waals surface area contributed by atoms with Crippen LogP contribution in [0.3, 0.4) is 0 Å². The van der Waals surface area contributed by atoms with Crippen LogP contribution in [0.15, 0.2) is 18.2 Å². The van der Waals surface area contributed by atoms with Crippen LogP contribution >= 0.6 is 0 Å². The number of hydrogen-bond acceptors (Lipinski definition) is 4. The van der Waals surface area contributed by atoms with Crippen molar-refractivity contribution in [3.05, 3.63) is 23.8 Å². The Morgan fingerprint density at radius 2 is 2.40 bits per heavy atom. The van der Waals surface area contributed by atoms with E-state index in [-0.39, 0.29) is 17.9 Å². The Bertz CT molecular complexity index is 498. The van der Waals surface area contributed by atoms with Crippen LogP contribution in [-0.4, -0.2) is 38.8 Å². The zero-order valence-corrected chi connectivity index (χ0v) is 11.6. The Morgan fingerprint density at radius 1 is 1.50 bits per heavy atom. The van der Waals surface area contributed by atoms with Gasteiger partial charge >= 0.3 is 0 Å². The summed E-state index contributed by atoms with van der Waals surface area (Å²) in [7, 11) is 1.64. The van der Waals surface area contributed by atoms with E-state index in [1.54, 1.807) is 7.11 Å². The van der Waals surface area contributed by atoms with E-state index < -0.39 is 0 Å². The van der Waals surface area contributed by atoms with Gasteiger partial charge in [0.05, 0.1) is 13.0 Å². The summed E-state index contributed by atoms with van der Waals surface area (Å²) in [5.41, 5.74) is 1.04. The summed E-state index contributed by atoms with van der Waals surface area (Å²) in [6.07, 6.45) is 1.71. The monoisotopic (exact) mass is 276 g/mol. The quantitative estimate of drug-likeness (QED) is 0.854. The molecule has 3 rings (SSSR count). The van der Waals surface area contributed by atoms with Crippen molar-refractivity contribution in [1.82, 2.24) is 10.6 Å². The Labute approximate surface area is 118 Å². The molecule has 2 aliphatic heterocycles. The van der Waals surface area contributed by atoms with Gasteiger partial charge in [-0.2, -0.15) is 0 Å². The third-order valence-electron chi connectivity index (χ3n) is 3.95. The molecule has 1 aromatic carbocycles. The Kier molecular flexibility index (Phi) is 3.78. The van der Waals surface area contributed by atoms with Crippen LogP contribution < -0.4 is 20.1 Å². The minimum atomic E-state index is -0.116. The normalized spacial score (nSPS) is 24.6. The highest BCUT2D eigenvalue weighted by atomic mass is 16.5. The summed E-state index contributed by atoms with van der Waals surface area (Å²) in [5, 5.41) is 6.34. The van der Waals surface area contributed by atoms with Crippen molar-refractivity contribution in [2.75, 3.05) is 26.8 Å². The van der Waals surface area contributed by atoms with Crippen LogP contribution in [0.5, 0.6) is 11.5 Å². The van der Waals surface area contributed by atoms with E-state index in [0.717, 1.165) is 36.6 Å². The largest absolute Gasteiger partial charge is 0.497 e. The summed E-state index contributed by atoms with van der Waals surface area (Å²) in [4.78, 5) is 12.3. The molecular formula is C15H20N2O3. The summed E-state index contributed by atoms with van der Waals surface area (Å²) in [5.74, 6) is 1.63. The number of carbonyl (C=O) groups excluding carboxylic acids is 1. The lowest BCUT2D eigenvalue weighted by Gasteiger charge is -2.26. The van der Waals surface area contributed by atoms with Crippen molar-refractivity contribution < 1.29 is 14.3 Å². The lowest BCUT2D eigenvalue weighted by atomic mass is 9.95. The van der Waals surface area contributed by atoms with Gasteiger partial charge in [-0.05, 0) is 43.1 Å². The number of benzene rings is 1. The molecule has 20 heavy (non-hydrogen) atoms. The molecular weight excluding hydrogens is 256 g/mol. The van der Waals surface area contributed by atoms with E-state index in [9.17, 15) is 4.79 Å². The van der Waals surface area contributed by atoms with E-state index >= 15 is 0 Å². The third kappa shape index (κ3) is 2.72. The first-order chi connectivity index (χ1) is 9.76. The summed E-state index contributed by atoms with van der Waals surface area (Å²) < 4.78 is 10.9. The standard InChI is InChI=1S/C15H20N2O3/c1-19-13-2-3-14-10(7-13)6-11(9-20-14)15(18)17-12-4-5-16-8-12/h2-3,7,11-12,16H,4-6,8-9H2,1H3,(H,17,18). The van der Waals surface area contributed by atoms with Crippen molar-refractivity contribution in [2.45, 2.75) is 18.9 Å². The van der Waals surface area contributed by atoms with Gasteiger partial charge in [0, 0.05) is 12.6 Å². The average molecular weight is 276 g/mol. The Morgan fingerprint density at radius 3 is 3.15 bits per heavy atom. The van der Waals surface area contributed by atoms with Gasteiger partial charge in [-0.15, -0.1) is 0 Å². The molecule has 1 saturated heterocycles. The van der Waals surface area contributed by atoms with Crippen molar-refractivity contribution in [1.29, 1.82) is 0 Å².